The number of nitrogens with one attached hydrogen (secondary N) is 1. The number of hydrogen-bond acceptors (Lipinski definition) is 5. The molecular formula is C20H23ClN2O5S. The number of amides is 1. The summed E-state index contributed by atoms with van der Waals surface area (Å²) < 4.78 is 36.3. The number of ether oxygens (including phenoxy) is 2. The third kappa shape index (κ3) is 5.55. The average molecular weight is 439 g/mol. The van der Waals surface area contributed by atoms with E-state index < -0.39 is 10.0 Å². The van der Waals surface area contributed by atoms with E-state index in [2.05, 4.69) is 5.32 Å². The second-order valence-electron chi connectivity index (χ2n) is 6.83. The van der Waals surface area contributed by atoms with E-state index in [-0.39, 0.29) is 25.7 Å². The molecule has 0 fully saturated rings. The largest absolute Gasteiger partial charge is 0.454 e. The molecule has 9 heteroatoms. The van der Waals surface area contributed by atoms with Crippen LogP contribution in [0.25, 0.3) is 0 Å². The Bertz CT molecular complexity index is 1010. The molecule has 29 heavy (non-hydrogen) atoms. The van der Waals surface area contributed by atoms with E-state index >= 15 is 0 Å². The van der Waals surface area contributed by atoms with Gasteiger partial charge in [-0.1, -0.05) is 23.7 Å². The molecule has 1 amide bonds. The van der Waals surface area contributed by atoms with E-state index in [9.17, 15) is 13.2 Å². The van der Waals surface area contributed by atoms with Crippen molar-refractivity contribution in [3.8, 4) is 11.5 Å². The van der Waals surface area contributed by atoms with Gasteiger partial charge in [0.15, 0.2) is 11.5 Å². The van der Waals surface area contributed by atoms with Crippen molar-refractivity contribution in [1.82, 2.24) is 5.32 Å². The fourth-order valence-electron chi connectivity index (χ4n) is 3.04. The Labute approximate surface area is 175 Å². The molecule has 0 saturated heterocycles. The number of anilines is 1. The number of nitrogens with zero attached hydrogens (tertiary/aromatic N) is 1. The third-order valence-electron chi connectivity index (χ3n) is 4.53. The number of fused-ring (bicyclic) bond motifs is 1. The van der Waals surface area contributed by atoms with Crippen LogP contribution in [0.5, 0.6) is 11.5 Å². The van der Waals surface area contributed by atoms with Gasteiger partial charge in [-0.05, 0) is 48.7 Å². The number of benzene rings is 2. The predicted octanol–water partition coefficient (Wildman–Crippen LogP) is 3.24. The Kier molecular flexibility index (Phi) is 6.54. The van der Waals surface area contributed by atoms with Crippen LogP contribution in [0.1, 0.15) is 24.0 Å². The zero-order valence-corrected chi connectivity index (χ0v) is 17.8. The molecule has 0 atom stereocenters. The standard InChI is InChI=1S/C20H23ClN2O5S/c1-14-5-7-16(21)11-17(14)23(29(2,25)26)9-3-4-20(24)22-12-15-6-8-18-19(10-15)28-13-27-18/h5-8,10-11H,3-4,9,12-13H2,1-2H3,(H,22,24). The van der Waals surface area contributed by atoms with Crippen LogP contribution in [0.2, 0.25) is 5.02 Å². The normalized spacial score (nSPS) is 12.7. The van der Waals surface area contributed by atoms with Crippen LogP contribution in [0, 0.1) is 6.92 Å². The first-order chi connectivity index (χ1) is 13.7. The van der Waals surface area contributed by atoms with Crippen LogP contribution in [0.3, 0.4) is 0 Å². The van der Waals surface area contributed by atoms with E-state index in [4.69, 9.17) is 21.1 Å². The smallest absolute Gasteiger partial charge is 0.232 e. The zero-order chi connectivity index (χ0) is 21.0. The van der Waals surface area contributed by atoms with Gasteiger partial charge in [-0.25, -0.2) is 8.42 Å². The van der Waals surface area contributed by atoms with Gasteiger partial charge in [0.25, 0.3) is 0 Å². The summed E-state index contributed by atoms with van der Waals surface area (Å²) in [6.07, 6.45) is 1.73. The first-order valence-electron chi connectivity index (χ1n) is 9.13. The summed E-state index contributed by atoms with van der Waals surface area (Å²) in [4.78, 5) is 12.2. The molecule has 3 rings (SSSR count). The van der Waals surface area contributed by atoms with Gasteiger partial charge < -0.3 is 14.8 Å². The Morgan fingerprint density at radius 1 is 1.17 bits per heavy atom. The molecule has 1 N–H and O–H groups in total. The molecule has 156 valence electrons. The summed E-state index contributed by atoms with van der Waals surface area (Å²) in [5, 5.41) is 3.30. The minimum atomic E-state index is -3.50. The lowest BCUT2D eigenvalue weighted by Gasteiger charge is -2.24. The highest BCUT2D eigenvalue weighted by Crippen LogP contribution is 2.32. The van der Waals surface area contributed by atoms with Crippen LogP contribution >= 0.6 is 11.6 Å². The molecule has 1 aliphatic rings. The highest BCUT2D eigenvalue weighted by molar-refractivity contribution is 7.92. The number of sulfonamides is 1. The Morgan fingerprint density at radius 2 is 1.93 bits per heavy atom. The first-order valence-corrected chi connectivity index (χ1v) is 11.4. The van der Waals surface area contributed by atoms with Crippen LogP contribution in [0.4, 0.5) is 5.69 Å². The number of carbonyl (C=O) groups is 1. The van der Waals surface area contributed by atoms with Crippen molar-refractivity contribution in [1.29, 1.82) is 0 Å². The maximum Gasteiger partial charge on any atom is 0.232 e. The van der Waals surface area contributed by atoms with E-state index in [0.29, 0.717) is 35.2 Å². The zero-order valence-electron chi connectivity index (χ0n) is 16.3. The SMILES string of the molecule is Cc1ccc(Cl)cc1N(CCCC(=O)NCc1ccc2c(c1)OCO2)S(C)(=O)=O. The highest BCUT2D eigenvalue weighted by Gasteiger charge is 2.20. The van der Waals surface area contributed by atoms with Gasteiger partial charge in [-0.15, -0.1) is 0 Å². The quantitative estimate of drug-likeness (QED) is 0.683. The van der Waals surface area contributed by atoms with Crippen molar-refractivity contribution in [3.05, 3.63) is 52.5 Å². The van der Waals surface area contributed by atoms with E-state index in [1.165, 1.54) is 4.31 Å². The molecule has 0 unspecified atom stereocenters. The second kappa shape index (κ2) is 8.92. The molecule has 0 saturated carbocycles. The Hall–Kier alpha value is -2.45. The second-order valence-corrected chi connectivity index (χ2v) is 9.18. The fraction of sp³-hybridized carbons (Fsp3) is 0.350. The number of rotatable bonds is 8. The van der Waals surface area contributed by atoms with Crippen molar-refractivity contribution in [2.75, 3.05) is 23.9 Å². The van der Waals surface area contributed by atoms with Gasteiger partial charge in [0.2, 0.25) is 22.7 Å². The molecule has 0 spiro atoms. The van der Waals surface area contributed by atoms with Crippen LogP contribution < -0.4 is 19.1 Å². The van der Waals surface area contributed by atoms with Crippen molar-refractivity contribution in [2.45, 2.75) is 26.3 Å². The number of halogens is 1. The Balaban J connectivity index is 1.54. The monoisotopic (exact) mass is 438 g/mol. The lowest BCUT2D eigenvalue weighted by molar-refractivity contribution is -0.121. The fourth-order valence-corrected chi connectivity index (χ4v) is 4.22. The summed E-state index contributed by atoms with van der Waals surface area (Å²) in [6.45, 7) is 2.58. The van der Waals surface area contributed by atoms with Gasteiger partial charge in [-0.2, -0.15) is 0 Å². The van der Waals surface area contributed by atoms with E-state index in [1.807, 2.05) is 19.1 Å². The van der Waals surface area contributed by atoms with Gasteiger partial charge in [0.05, 0.1) is 11.9 Å². The molecule has 2 aromatic rings. The molecule has 0 aliphatic carbocycles. The molecule has 0 radical (unpaired) electrons. The summed E-state index contributed by atoms with van der Waals surface area (Å²) in [5.74, 6) is 1.20. The van der Waals surface area contributed by atoms with Crippen molar-refractivity contribution < 1.29 is 22.7 Å². The molecule has 7 nitrogen and oxygen atoms in total. The van der Waals surface area contributed by atoms with E-state index in [1.54, 1.807) is 24.3 Å². The molecule has 0 bridgehead atoms. The van der Waals surface area contributed by atoms with Gasteiger partial charge in [-0.3, -0.25) is 9.10 Å². The average Bonchev–Trinajstić information content (AvgIpc) is 3.12. The van der Waals surface area contributed by atoms with E-state index in [0.717, 1.165) is 17.4 Å². The molecule has 2 aromatic carbocycles. The molecule has 1 heterocycles. The van der Waals surface area contributed by atoms with Gasteiger partial charge in [0, 0.05) is 24.5 Å². The molecular weight excluding hydrogens is 416 g/mol. The topological polar surface area (TPSA) is 84.9 Å². The maximum atomic E-state index is 12.2. The van der Waals surface area contributed by atoms with Crippen LogP contribution in [-0.2, 0) is 21.4 Å². The minimum Gasteiger partial charge on any atom is -0.454 e. The minimum absolute atomic E-state index is 0.154. The molecule has 1 aliphatic heterocycles. The summed E-state index contributed by atoms with van der Waals surface area (Å²) in [6, 6.07) is 10.6. The first kappa shape index (κ1) is 21.3. The lowest BCUT2D eigenvalue weighted by atomic mass is 10.2. The lowest BCUT2D eigenvalue weighted by Crippen LogP contribution is -2.32. The predicted molar refractivity (Wildman–Crippen MR) is 112 cm³/mol. The summed E-state index contributed by atoms with van der Waals surface area (Å²) >= 11 is 6.03. The Morgan fingerprint density at radius 3 is 2.69 bits per heavy atom. The van der Waals surface area contributed by atoms with Gasteiger partial charge in [0.1, 0.15) is 0 Å². The number of aryl methyl sites for hydroxylation is 1. The maximum absolute atomic E-state index is 12.2. The van der Waals surface area contributed by atoms with Crippen LogP contribution in [0.15, 0.2) is 36.4 Å². The summed E-state index contributed by atoms with van der Waals surface area (Å²) in [7, 11) is -3.50. The van der Waals surface area contributed by atoms with Gasteiger partial charge >= 0.3 is 0 Å². The number of carbonyl (C=O) groups excluding carboxylic acids is 1. The van der Waals surface area contributed by atoms with Crippen molar-refractivity contribution in [2.24, 2.45) is 0 Å². The third-order valence-corrected chi connectivity index (χ3v) is 5.95. The molecule has 0 aromatic heterocycles. The number of hydrogen-bond donors (Lipinski definition) is 1. The highest BCUT2D eigenvalue weighted by atomic mass is 35.5. The van der Waals surface area contributed by atoms with Crippen LogP contribution in [-0.4, -0.2) is 33.9 Å². The van der Waals surface area contributed by atoms with Crippen molar-refractivity contribution >= 4 is 33.2 Å². The van der Waals surface area contributed by atoms with Crippen molar-refractivity contribution in [3.63, 3.8) is 0 Å². The summed E-state index contributed by atoms with van der Waals surface area (Å²) in [5.41, 5.74) is 2.22.